The maximum absolute atomic E-state index is 9.75. The van der Waals surface area contributed by atoms with Gasteiger partial charge in [-0.25, -0.2) is 0 Å². The van der Waals surface area contributed by atoms with Crippen LogP contribution in [-0.2, 0) is 4.74 Å². The molecule has 0 amide bonds. The van der Waals surface area contributed by atoms with E-state index in [1.165, 1.54) is 5.56 Å². The molecule has 1 aliphatic rings. The van der Waals surface area contributed by atoms with E-state index in [0.29, 0.717) is 11.8 Å². The first kappa shape index (κ1) is 15.5. The van der Waals surface area contributed by atoms with Gasteiger partial charge in [-0.3, -0.25) is 0 Å². The molecule has 112 valence electrons. The Kier molecular flexibility index (Phi) is 5.58. The van der Waals surface area contributed by atoms with Gasteiger partial charge in [0.2, 0.25) is 0 Å². The van der Waals surface area contributed by atoms with Crippen LogP contribution in [0.25, 0.3) is 0 Å². The molecule has 3 nitrogen and oxygen atoms in total. The van der Waals surface area contributed by atoms with Gasteiger partial charge in [0.05, 0.1) is 6.61 Å². The fourth-order valence-corrected chi connectivity index (χ4v) is 2.92. The summed E-state index contributed by atoms with van der Waals surface area (Å²) in [5.41, 5.74) is 1.22. The molecule has 0 saturated carbocycles. The normalized spacial score (nSPS) is 20.0. The van der Waals surface area contributed by atoms with Crippen LogP contribution in [0.2, 0.25) is 0 Å². The minimum atomic E-state index is -0.153. The average Bonchev–Trinajstić information content (AvgIpc) is 2.49. The molecule has 2 N–H and O–H groups in total. The van der Waals surface area contributed by atoms with Crippen LogP contribution in [0.1, 0.15) is 38.2 Å². The molecule has 1 aromatic rings. The largest absolute Gasteiger partial charge is 0.394 e. The van der Waals surface area contributed by atoms with Gasteiger partial charge in [0.15, 0.2) is 0 Å². The van der Waals surface area contributed by atoms with Crippen LogP contribution in [0.5, 0.6) is 0 Å². The first-order chi connectivity index (χ1) is 9.67. The highest BCUT2D eigenvalue weighted by molar-refractivity contribution is 5.20. The molecule has 20 heavy (non-hydrogen) atoms. The van der Waals surface area contributed by atoms with E-state index >= 15 is 0 Å². The SMILES string of the molecule is CC(C)C(CNC1(CO)CCOCC1)c1ccccc1. The van der Waals surface area contributed by atoms with Crippen molar-refractivity contribution in [1.29, 1.82) is 0 Å². The number of aliphatic hydroxyl groups is 1. The maximum atomic E-state index is 9.75. The highest BCUT2D eigenvalue weighted by Crippen LogP contribution is 2.26. The molecule has 1 heterocycles. The van der Waals surface area contributed by atoms with E-state index in [1.807, 2.05) is 0 Å². The Balaban J connectivity index is 2.02. The summed E-state index contributed by atoms with van der Waals surface area (Å²) in [6.07, 6.45) is 1.78. The zero-order valence-corrected chi connectivity index (χ0v) is 12.6. The van der Waals surface area contributed by atoms with E-state index in [-0.39, 0.29) is 12.1 Å². The summed E-state index contributed by atoms with van der Waals surface area (Å²) in [7, 11) is 0. The Hall–Kier alpha value is -0.900. The van der Waals surface area contributed by atoms with E-state index < -0.39 is 0 Å². The molecule has 0 spiro atoms. The van der Waals surface area contributed by atoms with Crippen molar-refractivity contribution in [3.05, 3.63) is 35.9 Å². The lowest BCUT2D eigenvalue weighted by molar-refractivity contribution is 0.0109. The van der Waals surface area contributed by atoms with Crippen LogP contribution in [0.3, 0.4) is 0 Å². The second-order valence-corrected chi connectivity index (χ2v) is 6.19. The van der Waals surface area contributed by atoms with E-state index in [1.54, 1.807) is 0 Å². The van der Waals surface area contributed by atoms with Crippen molar-refractivity contribution in [2.24, 2.45) is 5.92 Å². The Morgan fingerprint density at radius 1 is 1.20 bits per heavy atom. The molecular formula is C17H27NO2. The molecule has 1 aliphatic heterocycles. The van der Waals surface area contributed by atoms with Crippen molar-refractivity contribution in [2.45, 2.75) is 38.1 Å². The summed E-state index contributed by atoms with van der Waals surface area (Å²) in [6, 6.07) is 10.6. The second kappa shape index (κ2) is 7.21. The Morgan fingerprint density at radius 3 is 2.40 bits per heavy atom. The van der Waals surface area contributed by atoms with E-state index in [9.17, 15) is 5.11 Å². The minimum absolute atomic E-state index is 0.153. The Bertz CT molecular complexity index is 385. The third kappa shape index (κ3) is 3.81. The van der Waals surface area contributed by atoms with Crippen molar-refractivity contribution in [3.8, 4) is 0 Å². The summed E-state index contributed by atoms with van der Waals surface area (Å²) in [5, 5.41) is 13.4. The van der Waals surface area contributed by atoms with Crippen molar-refractivity contribution in [1.82, 2.24) is 5.32 Å². The van der Waals surface area contributed by atoms with Crippen molar-refractivity contribution >= 4 is 0 Å². The lowest BCUT2D eigenvalue weighted by atomic mass is 9.85. The van der Waals surface area contributed by atoms with Gasteiger partial charge in [0, 0.05) is 25.3 Å². The zero-order chi connectivity index (χ0) is 14.4. The first-order valence-electron chi connectivity index (χ1n) is 7.65. The number of benzene rings is 1. The van der Waals surface area contributed by atoms with Gasteiger partial charge in [-0.05, 0) is 30.2 Å². The van der Waals surface area contributed by atoms with Crippen LogP contribution in [-0.4, -0.2) is 37.0 Å². The number of hydrogen-bond acceptors (Lipinski definition) is 3. The van der Waals surface area contributed by atoms with Crippen LogP contribution in [0.15, 0.2) is 30.3 Å². The molecular weight excluding hydrogens is 250 g/mol. The van der Waals surface area contributed by atoms with E-state index in [2.05, 4.69) is 49.5 Å². The van der Waals surface area contributed by atoms with Gasteiger partial charge in [0.25, 0.3) is 0 Å². The van der Waals surface area contributed by atoms with Gasteiger partial charge in [-0.2, -0.15) is 0 Å². The standard InChI is InChI=1S/C17H27NO2/c1-14(2)16(15-6-4-3-5-7-15)12-18-17(13-19)8-10-20-11-9-17/h3-7,14,16,18-19H,8-13H2,1-2H3. The van der Waals surface area contributed by atoms with Crippen molar-refractivity contribution in [3.63, 3.8) is 0 Å². The van der Waals surface area contributed by atoms with E-state index in [4.69, 9.17) is 4.74 Å². The fraction of sp³-hybridized carbons (Fsp3) is 0.647. The smallest absolute Gasteiger partial charge is 0.0615 e. The lowest BCUT2D eigenvalue weighted by Crippen LogP contribution is -2.53. The van der Waals surface area contributed by atoms with Crippen molar-refractivity contribution in [2.75, 3.05) is 26.4 Å². The fourth-order valence-electron chi connectivity index (χ4n) is 2.92. The predicted octanol–water partition coefficient (Wildman–Crippen LogP) is 2.56. The highest BCUT2D eigenvalue weighted by atomic mass is 16.5. The van der Waals surface area contributed by atoms with Gasteiger partial charge in [0.1, 0.15) is 0 Å². The highest BCUT2D eigenvalue weighted by Gasteiger charge is 2.32. The molecule has 0 radical (unpaired) electrons. The van der Waals surface area contributed by atoms with Gasteiger partial charge in [-0.15, -0.1) is 0 Å². The summed E-state index contributed by atoms with van der Waals surface area (Å²) in [6.45, 7) is 7.10. The minimum Gasteiger partial charge on any atom is -0.394 e. The summed E-state index contributed by atoms with van der Waals surface area (Å²) in [5.74, 6) is 1.04. The molecule has 1 unspecified atom stereocenters. The van der Waals surface area contributed by atoms with Gasteiger partial charge >= 0.3 is 0 Å². The maximum Gasteiger partial charge on any atom is 0.0615 e. The number of aliphatic hydroxyl groups excluding tert-OH is 1. The van der Waals surface area contributed by atoms with Gasteiger partial charge < -0.3 is 15.2 Å². The van der Waals surface area contributed by atoms with Crippen LogP contribution in [0, 0.1) is 5.92 Å². The molecule has 3 heteroatoms. The molecule has 0 aromatic heterocycles. The zero-order valence-electron chi connectivity index (χ0n) is 12.6. The topological polar surface area (TPSA) is 41.5 Å². The molecule has 1 fully saturated rings. The molecule has 1 saturated heterocycles. The van der Waals surface area contributed by atoms with Gasteiger partial charge in [-0.1, -0.05) is 44.2 Å². The molecule has 2 rings (SSSR count). The lowest BCUT2D eigenvalue weighted by Gasteiger charge is -2.38. The third-order valence-corrected chi connectivity index (χ3v) is 4.48. The second-order valence-electron chi connectivity index (χ2n) is 6.19. The average molecular weight is 277 g/mol. The molecule has 1 aromatic carbocycles. The van der Waals surface area contributed by atoms with E-state index in [0.717, 1.165) is 32.6 Å². The number of nitrogens with one attached hydrogen (secondary N) is 1. The summed E-state index contributed by atoms with van der Waals surface area (Å²) < 4.78 is 5.41. The van der Waals surface area contributed by atoms with Crippen LogP contribution in [0.4, 0.5) is 0 Å². The van der Waals surface area contributed by atoms with Crippen LogP contribution >= 0.6 is 0 Å². The Morgan fingerprint density at radius 2 is 1.85 bits per heavy atom. The Labute approximate surface area is 122 Å². The number of ether oxygens (including phenoxy) is 1. The quantitative estimate of drug-likeness (QED) is 0.839. The first-order valence-corrected chi connectivity index (χ1v) is 7.65. The third-order valence-electron chi connectivity index (χ3n) is 4.48. The number of hydrogen-bond donors (Lipinski definition) is 2. The monoisotopic (exact) mass is 277 g/mol. The van der Waals surface area contributed by atoms with Crippen molar-refractivity contribution < 1.29 is 9.84 Å². The number of rotatable bonds is 6. The summed E-state index contributed by atoms with van der Waals surface area (Å²) >= 11 is 0. The van der Waals surface area contributed by atoms with Crippen LogP contribution < -0.4 is 5.32 Å². The predicted molar refractivity (Wildman–Crippen MR) is 81.9 cm³/mol. The molecule has 0 bridgehead atoms. The summed E-state index contributed by atoms with van der Waals surface area (Å²) in [4.78, 5) is 0. The molecule has 1 atom stereocenters. The molecule has 0 aliphatic carbocycles.